The summed E-state index contributed by atoms with van der Waals surface area (Å²) in [5.74, 6) is -1.13. The number of imide groups is 1. The Balaban J connectivity index is 2.69. The Morgan fingerprint density at radius 3 is 2.71 bits per heavy atom. The van der Waals surface area contributed by atoms with Crippen molar-refractivity contribution in [2.45, 2.75) is 32.7 Å². The molecule has 6 heteroatoms. The lowest BCUT2D eigenvalue weighted by molar-refractivity contribution is -0.156. The third-order valence-corrected chi connectivity index (χ3v) is 2.75. The Hall–Kier alpha value is -1.43. The number of hydrogen-bond acceptors (Lipinski definition) is 4. The molecule has 0 aromatic carbocycles. The lowest BCUT2D eigenvalue weighted by atomic mass is 9.98. The Bertz CT molecular complexity index is 338. The van der Waals surface area contributed by atoms with Crippen LogP contribution in [0.3, 0.4) is 0 Å². The van der Waals surface area contributed by atoms with Crippen LogP contribution in [0.2, 0.25) is 0 Å². The molecule has 3 amide bonds. The van der Waals surface area contributed by atoms with Crippen molar-refractivity contribution in [1.29, 1.82) is 0 Å². The van der Waals surface area contributed by atoms with Crippen molar-refractivity contribution in [3.63, 3.8) is 0 Å². The van der Waals surface area contributed by atoms with Gasteiger partial charge in [-0.3, -0.25) is 19.7 Å². The summed E-state index contributed by atoms with van der Waals surface area (Å²) in [5.41, 5.74) is -0.989. The Labute approximate surface area is 100 Å². The van der Waals surface area contributed by atoms with Gasteiger partial charge in [0, 0.05) is 6.61 Å². The van der Waals surface area contributed by atoms with Crippen LogP contribution in [0.4, 0.5) is 0 Å². The van der Waals surface area contributed by atoms with Crippen LogP contribution in [0.15, 0.2) is 0 Å². The van der Waals surface area contributed by atoms with E-state index >= 15 is 0 Å². The van der Waals surface area contributed by atoms with E-state index in [1.165, 1.54) is 4.90 Å². The van der Waals surface area contributed by atoms with E-state index in [1.54, 1.807) is 13.8 Å². The van der Waals surface area contributed by atoms with Crippen LogP contribution in [0.5, 0.6) is 0 Å². The number of hydrogen-bond donors (Lipinski definition) is 1. The molecule has 6 nitrogen and oxygen atoms in total. The highest BCUT2D eigenvalue weighted by Crippen LogP contribution is 2.19. The van der Waals surface area contributed by atoms with E-state index in [1.807, 2.05) is 6.92 Å². The SMILES string of the molecule is CCOCCC(=O)N1CC(=O)NC(=O)C1(C)C. The van der Waals surface area contributed by atoms with Gasteiger partial charge in [0.1, 0.15) is 12.1 Å². The van der Waals surface area contributed by atoms with Crippen LogP contribution in [-0.2, 0) is 19.1 Å². The second-order valence-electron chi connectivity index (χ2n) is 4.36. The highest BCUT2D eigenvalue weighted by molar-refractivity contribution is 6.06. The molecule has 0 aliphatic carbocycles. The van der Waals surface area contributed by atoms with E-state index in [0.717, 1.165) is 0 Å². The molecule has 96 valence electrons. The van der Waals surface area contributed by atoms with Gasteiger partial charge in [-0.25, -0.2) is 0 Å². The first-order valence-corrected chi connectivity index (χ1v) is 5.62. The third kappa shape index (κ3) is 3.03. The minimum Gasteiger partial charge on any atom is -0.381 e. The topological polar surface area (TPSA) is 75.7 Å². The summed E-state index contributed by atoms with van der Waals surface area (Å²) < 4.78 is 5.08. The second-order valence-corrected chi connectivity index (χ2v) is 4.36. The molecule has 0 radical (unpaired) electrons. The maximum absolute atomic E-state index is 11.9. The van der Waals surface area contributed by atoms with Crippen LogP contribution in [0.1, 0.15) is 27.2 Å². The summed E-state index contributed by atoms with van der Waals surface area (Å²) in [7, 11) is 0. The lowest BCUT2D eigenvalue weighted by Gasteiger charge is -2.40. The molecule has 0 saturated carbocycles. The van der Waals surface area contributed by atoms with E-state index in [0.29, 0.717) is 13.2 Å². The van der Waals surface area contributed by atoms with Gasteiger partial charge in [0.25, 0.3) is 5.91 Å². The standard InChI is InChI=1S/C11H18N2O4/c1-4-17-6-5-9(15)13-7-8(14)12-10(16)11(13,2)3/h4-7H2,1-3H3,(H,12,14,16). The summed E-state index contributed by atoms with van der Waals surface area (Å²) in [6.07, 6.45) is 0.178. The largest absolute Gasteiger partial charge is 0.381 e. The number of amides is 3. The molecule has 1 saturated heterocycles. The molecule has 0 bridgehead atoms. The number of rotatable bonds is 4. The summed E-state index contributed by atoms with van der Waals surface area (Å²) in [6, 6.07) is 0. The van der Waals surface area contributed by atoms with Gasteiger partial charge in [-0.2, -0.15) is 0 Å². The fourth-order valence-electron chi connectivity index (χ4n) is 1.62. The third-order valence-electron chi connectivity index (χ3n) is 2.75. The van der Waals surface area contributed by atoms with Crippen LogP contribution < -0.4 is 5.32 Å². The smallest absolute Gasteiger partial charge is 0.252 e. The van der Waals surface area contributed by atoms with Crippen LogP contribution in [-0.4, -0.2) is 47.9 Å². The zero-order valence-corrected chi connectivity index (χ0v) is 10.4. The molecule has 1 rings (SSSR count). The van der Waals surface area contributed by atoms with Crippen molar-refractivity contribution in [2.75, 3.05) is 19.8 Å². The quantitative estimate of drug-likeness (QED) is 0.541. The summed E-state index contributed by atoms with van der Waals surface area (Å²) in [4.78, 5) is 36.1. The number of carbonyl (C=O) groups is 3. The van der Waals surface area contributed by atoms with Crippen molar-refractivity contribution in [3.8, 4) is 0 Å². The minimum atomic E-state index is -0.989. The highest BCUT2D eigenvalue weighted by Gasteiger charge is 2.43. The first-order valence-electron chi connectivity index (χ1n) is 5.62. The van der Waals surface area contributed by atoms with Gasteiger partial charge in [-0.1, -0.05) is 0 Å². The van der Waals surface area contributed by atoms with E-state index in [-0.39, 0.29) is 18.9 Å². The van der Waals surface area contributed by atoms with Gasteiger partial charge in [0.05, 0.1) is 13.0 Å². The number of nitrogens with one attached hydrogen (secondary N) is 1. The number of ether oxygens (including phenoxy) is 1. The fourth-order valence-corrected chi connectivity index (χ4v) is 1.62. The molecule has 1 aliphatic rings. The van der Waals surface area contributed by atoms with E-state index in [2.05, 4.69) is 5.32 Å². The first-order chi connectivity index (χ1) is 7.89. The van der Waals surface area contributed by atoms with Gasteiger partial charge >= 0.3 is 0 Å². The van der Waals surface area contributed by atoms with Crippen LogP contribution in [0, 0.1) is 0 Å². The summed E-state index contributed by atoms with van der Waals surface area (Å²) in [5, 5.41) is 2.22. The Morgan fingerprint density at radius 2 is 2.12 bits per heavy atom. The first kappa shape index (κ1) is 13.6. The zero-order valence-electron chi connectivity index (χ0n) is 10.4. The molecule has 0 aromatic rings. The molecule has 0 unspecified atom stereocenters. The molecule has 1 fully saturated rings. The Kier molecular flexibility index (Phi) is 4.22. The monoisotopic (exact) mass is 242 g/mol. The maximum Gasteiger partial charge on any atom is 0.252 e. The molecular weight excluding hydrogens is 224 g/mol. The molecule has 1 N–H and O–H groups in total. The molecule has 0 atom stereocenters. The summed E-state index contributed by atoms with van der Waals surface area (Å²) >= 11 is 0. The van der Waals surface area contributed by atoms with Gasteiger partial charge in [-0.15, -0.1) is 0 Å². The average Bonchev–Trinajstić information content (AvgIpc) is 2.24. The van der Waals surface area contributed by atoms with Crippen molar-refractivity contribution in [2.24, 2.45) is 0 Å². The van der Waals surface area contributed by atoms with Crippen molar-refractivity contribution in [3.05, 3.63) is 0 Å². The van der Waals surface area contributed by atoms with Gasteiger partial charge in [-0.05, 0) is 20.8 Å². The fraction of sp³-hybridized carbons (Fsp3) is 0.727. The average molecular weight is 242 g/mol. The van der Waals surface area contributed by atoms with E-state index in [9.17, 15) is 14.4 Å². The van der Waals surface area contributed by atoms with E-state index in [4.69, 9.17) is 4.74 Å². The second kappa shape index (κ2) is 5.27. The van der Waals surface area contributed by atoms with Crippen LogP contribution >= 0.6 is 0 Å². The number of carbonyl (C=O) groups excluding carboxylic acids is 3. The zero-order chi connectivity index (χ0) is 13.1. The Morgan fingerprint density at radius 1 is 1.47 bits per heavy atom. The minimum absolute atomic E-state index is 0.0797. The molecular formula is C11H18N2O4. The number of piperazine rings is 1. The van der Waals surface area contributed by atoms with Crippen molar-refractivity contribution in [1.82, 2.24) is 10.2 Å². The molecule has 1 heterocycles. The maximum atomic E-state index is 11.9. The normalized spacial score (nSPS) is 19.1. The molecule has 0 aromatic heterocycles. The predicted molar refractivity (Wildman–Crippen MR) is 60.1 cm³/mol. The number of nitrogens with zero attached hydrogens (tertiary/aromatic N) is 1. The van der Waals surface area contributed by atoms with Crippen molar-refractivity contribution >= 4 is 17.7 Å². The molecule has 1 aliphatic heterocycles. The van der Waals surface area contributed by atoms with E-state index < -0.39 is 17.4 Å². The molecule has 0 spiro atoms. The molecule has 17 heavy (non-hydrogen) atoms. The highest BCUT2D eigenvalue weighted by atomic mass is 16.5. The predicted octanol–water partition coefficient (Wildman–Crippen LogP) is -0.323. The van der Waals surface area contributed by atoms with Crippen molar-refractivity contribution < 1.29 is 19.1 Å². The van der Waals surface area contributed by atoms with Gasteiger partial charge in [0.2, 0.25) is 11.8 Å². The van der Waals surface area contributed by atoms with Gasteiger partial charge < -0.3 is 9.64 Å². The summed E-state index contributed by atoms with van der Waals surface area (Å²) in [6.45, 7) is 5.84. The lowest BCUT2D eigenvalue weighted by Crippen LogP contribution is -2.65. The van der Waals surface area contributed by atoms with Crippen LogP contribution in [0.25, 0.3) is 0 Å². The van der Waals surface area contributed by atoms with Gasteiger partial charge in [0.15, 0.2) is 0 Å².